The van der Waals surface area contributed by atoms with E-state index in [1.165, 1.54) is 23.7 Å². The first-order valence-electron chi connectivity index (χ1n) is 5.61. The highest BCUT2D eigenvalue weighted by Crippen LogP contribution is 2.14. The van der Waals surface area contributed by atoms with Gasteiger partial charge in [0.2, 0.25) is 0 Å². The molecule has 2 heterocycles. The number of nitrogens with one attached hydrogen (secondary N) is 1. The summed E-state index contributed by atoms with van der Waals surface area (Å²) in [6.45, 7) is 9.01. The van der Waals surface area contributed by atoms with Gasteiger partial charge in [0, 0.05) is 37.1 Å². The van der Waals surface area contributed by atoms with Crippen molar-refractivity contribution in [1.82, 2.24) is 15.2 Å². The molecule has 0 radical (unpaired) electrons. The maximum atomic E-state index is 4.29. The van der Waals surface area contributed by atoms with Crippen LogP contribution in [0.5, 0.6) is 0 Å². The lowest BCUT2D eigenvalue weighted by atomic mass is 10.2. The van der Waals surface area contributed by atoms with Crippen LogP contribution in [-0.4, -0.2) is 42.1 Å². The maximum Gasteiger partial charge on any atom is 0.0797 e. The lowest BCUT2D eigenvalue weighted by Crippen LogP contribution is -2.50. The van der Waals surface area contributed by atoms with E-state index in [0.717, 1.165) is 19.5 Å². The van der Waals surface area contributed by atoms with E-state index < -0.39 is 0 Å². The van der Waals surface area contributed by atoms with Crippen molar-refractivity contribution in [2.24, 2.45) is 0 Å². The molecule has 1 aromatic heterocycles. The lowest BCUT2D eigenvalue weighted by molar-refractivity contribution is 0.176. The molecule has 0 aliphatic carbocycles. The van der Waals surface area contributed by atoms with Gasteiger partial charge < -0.3 is 5.32 Å². The quantitative estimate of drug-likeness (QED) is 0.926. The Labute approximate surface area is 120 Å². The van der Waals surface area contributed by atoms with Crippen molar-refractivity contribution in [1.29, 1.82) is 0 Å². The summed E-state index contributed by atoms with van der Waals surface area (Å²) in [5.41, 5.74) is 3.16. The normalized spacial score (nSPS) is 20.5. The van der Waals surface area contributed by atoms with E-state index in [4.69, 9.17) is 0 Å². The van der Waals surface area contributed by atoms with Gasteiger partial charge in [-0.15, -0.1) is 36.2 Å². The molecule has 0 spiro atoms. The highest BCUT2D eigenvalue weighted by Gasteiger charge is 2.17. The summed E-state index contributed by atoms with van der Waals surface area (Å²) in [4.78, 5) is 8.30. The van der Waals surface area contributed by atoms with Crippen molar-refractivity contribution >= 4 is 36.2 Å². The summed E-state index contributed by atoms with van der Waals surface area (Å²) in [7, 11) is 0. The average Bonchev–Trinajstić information content (AvgIpc) is 2.63. The summed E-state index contributed by atoms with van der Waals surface area (Å²) in [6.07, 6.45) is 1.15. The number of hydrogen-bond donors (Lipinski definition) is 1. The molecule has 100 valence electrons. The highest BCUT2D eigenvalue weighted by molar-refractivity contribution is 7.09. The molecule has 1 aliphatic rings. The van der Waals surface area contributed by atoms with Crippen LogP contribution in [0.15, 0.2) is 5.51 Å². The number of aromatic nitrogens is 1. The molecule has 1 fully saturated rings. The van der Waals surface area contributed by atoms with Crippen molar-refractivity contribution in [3.8, 4) is 0 Å². The summed E-state index contributed by atoms with van der Waals surface area (Å²) < 4.78 is 0. The Hall–Kier alpha value is 0.130. The minimum atomic E-state index is 0. The largest absolute Gasteiger partial charge is 0.314 e. The van der Waals surface area contributed by atoms with E-state index in [1.807, 2.05) is 5.51 Å². The smallest absolute Gasteiger partial charge is 0.0797 e. The molecule has 17 heavy (non-hydrogen) atoms. The van der Waals surface area contributed by atoms with E-state index in [-0.39, 0.29) is 24.8 Å². The molecule has 0 bridgehead atoms. The van der Waals surface area contributed by atoms with Gasteiger partial charge in [-0.1, -0.05) is 0 Å². The second-order valence-electron chi connectivity index (χ2n) is 4.20. The number of halogens is 2. The summed E-state index contributed by atoms with van der Waals surface area (Å²) in [5, 5.41) is 3.42. The maximum absolute atomic E-state index is 4.29. The van der Waals surface area contributed by atoms with Crippen molar-refractivity contribution in [3.05, 3.63) is 16.1 Å². The van der Waals surface area contributed by atoms with Gasteiger partial charge >= 0.3 is 0 Å². The first-order valence-corrected chi connectivity index (χ1v) is 6.49. The Morgan fingerprint density at radius 2 is 2.29 bits per heavy atom. The molecule has 3 nitrogen and oxygen atoms in total. The van der Waals surface area contributed by atoms with Crippen LogP contribution in [0.3, 0.4) is 0 Å². The summed E-state index contributed by atoms with van der Waals surface area (Å²) in [5.74, 6) is 0. The zero-order chi connectivity index (χ0) is 10.7. The molecule has 1 N–H and O–H groups in total. The van der Waals surface area contributed by atoms with Gasteiger partial charge in [0.05, 0.1) is 11.2 Å². The van der Waals surface area contributed by atoms with E-state index in [9.17, 15) is 0 Å². The second kappa shape index (κ2) is 8.27. The minimum absolute atomic E-state index is 0. The van der Waals surface area contributed by atoms with Crippen molar-refractivity contribution < 1.29 is 0 Å². The third-order valence-corrected chi connectivity index (χ3v) is 4.10. The SMILES string of the molecule is Cc1ncsc1CCN1CCNCC1C.Cl.Cl. The molecular formula is C11H21Cl2N3S. The molecule has 1 atom stereocenters. The average molecular weight is 298 g/mol. The molecule has 0 amide bonds. The highest BCUT2D eigenvalue weighted by atomic mass is 35.5. The van der Waals surface area contributed by atoms with Crippen LogP contribution in [0, 0.1) is 6.92 Å². The Balaban J connectivity index is 0.00000128. The van der Waals surface area contributed by atoms with E-state index in [1.54, 1.807) is 11.3 Å². The molecule has 1 aromatic rings. The lowest BCUT2D eigenvalue weighted by Gasteiger charge is -2.33. The minimum Gasteiger partial charge on any atom is -0.314 e. The molecule has 1 unspecified atom stereocenters. The standard InChI is InChI=1S/C11H19N3S.2ClH/c1-9-7-12-4-6-14(9)5-3-11-10(2)13-8-15-11;;/h8-9,12H,3-7H2,1-2H3;2*1H. The molecule has 6 heteroatoms. The number of nitrogens with zero attached hydrogens (tertiary/aromatic N) is 2. The number of aryl methyl sites for hydroxylation is 1. The fourth-order valence-electron chi connectivity index (χ4n) is 2.03. The van der Waals surface area contributed by atoms with Gasteiger partial charge in [-0.3, -0.25) is 4.90 Å². The van der Waals surface area contributed by atoms with Crippen LogP contribution >= 0.6 is 36.2 Å². The van der Waals surface area contributed by atoms with Crippen molar-refractivity contribution in [2.45, 2.75) is 26.3 Å². The van der Waals surface area contributed by atoms with Gasteiger partial charge in [-0.25, -0.2) is 4.98 Å². The Morgan fingerprint density at radius 1 is 1.53 bits per heavy atom. The Morgan fingerprint density at radius 3 is 2.88 bits per heavy atom. The zero-order valence-electron chi connectivity index (χ0n) is 10.3. The zero-order valence-corrected chi connectivity index (χ0v) is 12.8. The Kier molecular flexibility index (Phi) is 8.33. The van der Waals surface area contributed by atoms with E-state index in [0.29, 0.717) is 6.04 Å². The topological polar surface area (TPSA) is 28.2 Å². The van der Waals surface area contributed by atoms with Crippen LogP contribution in [0.25, 0.3) is 0 Å². The van der Waals surface area contributed by atoms with E-state index >= 15 is 0 Å². The molecule has 0 saturated carbocycles. The van der Waals surface area contributed by atoms with Gasteiger partial charge in [0.25, 0.3) is 0 Å². The summed E-state index contributed by atoms with van der Waals surface area (Å²) >= 11 is 1.79. The third kappa shape index (κ3) is 4.72. The van der Waals surface area contributed by atoms with Gasteiger partial charge in [0.1, 0.15) is 0 Å². The molecule has 0 aromatic carbocycles. The molecule has 1 aliphatic heterocycles. The van der Waals surface area contributed by atoms with Crippen LogP contribution in [0.2, 0.25) is 0 Å². The predicted octanol–water partition coefficient (Wildman–Crippen LogP) is 2.13. The number of piperazine rings is 1. The van der Waals surface area contributed by atoms with Crippen LogP contribution in [-0.2, 0) is 6.42 Å². The van der Waals surface area contributed by atoms with Crippen LogP contribution < -0.4 is 5.32 Å². The first-order chi connectivity index (χ1) is 7.27. The molecule has 1 saturated heterocycles. The number of hydrogen-bond acceptors (Lipinski definition) is 4. The van der Waals surface area contributed by atoms with E-state index in [2.05, 4.69) is 29.0 Å². The number of rotatable bonds is 3. The third-order valence-electron chi connectivity index (χ3n) is 3.11. The molecular weight excluding hydrogens is 277 g/mol. The van der Waals surface area contributed by atoms with Crippen LogP contribution in [0.1, 0.15) is 17.5 Å². The first kappa shape index (κ1) is 17.1. The fourth-order valence-corrected chi connectivity index (χ4v) is 2.80. The van der Waals surface area contributed by atoms with Gasteiger partial charge in [-0.2, -0.15) is 0 Å². The van der Waals surface area contributed by atoms with Crippen LogP contribution in [0.4, 0.5) is 0 Å². The van der Waals surface area contributed by atoms with Crippen molar-refractivity contribution in [3.63, 3.8) is 0 Å². The second-order valence-corrected chi connectivity index (χ2v) is 5.14. The van der Waals surface area contributed by atoms with Gasteiger partial charge in [0.15, 0.2) is 0 Å². The number of thiazole rings is 1. The summed E-state index contributed by atoms with van der Waals surface area (Å²) in [6, 6.07) is 0.673. The Bertz CT molecular complexity index is 319. The fraction of sp³-hybridized carbons (Fsp3) is 0.727. The monoisotopic (exact) mass is 297 g/mol. The predicted molar refractivity (Wildman–Crippen MR) is 79.0 cm³/mol. The van der Waals surface area contributed by atoms with Gasteiger partial charge in [-0.05, 0) is 20.3 Å². The molecule has 2 rings (SSSR count). The van der Waals surface area contributed by atoms with Crippen molar-refractivity contribution in [2.75, 3.05) is 26.2 Å².